The van der Waals surface area contributed by atoms with E-state index in [-0.39, 0.29) is 11.6 Å². The van der Waals surface area contributed by atoms with Gasteiger partial charge in [0.15, 0.2) is 0 Å². The molecule has 0 amide bonds. The molecule has 0 aromatic heterocycles. The lowest BCUT2D eigenvalue weighted by Gasteiger charge is -2.21. The van der Waals surface area contributed by atoms with Crippen LogP contribution in [0.3, 0.4) is 0 Å². The first-order valence-corrected chi connectivity index (χ1v) is 8.63. The second-order valence-electron chi connectivity index (χ2n) is 5.43. The number of rotatable bonds is 7. The predicted molar refractivity (Wildman–Crippen MR) is 74.1 cm³/mol. The largest absolute Gasteiger partial charge is 0.298 e. The zero-order valence-corrected chi connectivity index (χ0v) is 12.0. The van der Waals surface area contributed by atoms with Gasteiger partial charge in [-0.3, -0.25) is 4.90 Å². The second-order valence-corrected chi connectivity index (χ2v) is 7.69. The van der Waals surface area contributed by atoms with E-state index in [2.05, 4.69) is 4.90 Å². The topological polar surface area (TPSA) is 37.4 Å². The molecule has 0 heterocycles. The van der Waals surface area contributed by atoms with Crippen molar-refractivity contribution in [1.29, 1.82) is 0 Å². The summed E-state index contributed by atoms with van der Waals surface area (Å²) < 4.78 is 35.4. The van der Waals surface area contributed by atoms with Gasteiger partial charge < -0.3 is 0 Å². The van der Waals surface area contributed by atoms with E-state index < -0.39 is 9.84 Å². The summed E-state index contributed by atoms with van der Waals surface area (Å²) >= 11 is 0. The normalized spacial score (nSPS) is 15.9. The Hall–Kier alpha value is -0.940. The Balaban J connectivity index is 1.94. The summed E-state index contributed by atoms with van der Waals surface area (Å²) in [5.74, 6) is 0.648. The molecule has 1 aromatic carbocycles. The van der Waals surface area contributed by atoms with Crippen LogP contribution in [0, 0.1) is 11.7 Å². The summed E-state index contributed by atoms with van der Waals surface area (Å²) in [7, 11) is -2.94. The molecule has 0 spiro atoms. The van der Waals surface area contributed by atoms with Gasteiger partial charge in [0.25, 0.3) is 0 Å². The Morgan fingerprint density at radius 2 is 1.89 bits per heavy atom. The SMILES string of the molecule is CS(=O)(=O)CCN(Cc1ccc(F)cc1)CC1CC1. The van der Waals surface area contributed by atoms with Crippen LogP contribution in [-0.4, -0.2) is 38.4 Å². The minimum absolute atomic E-state index is 0.181. The molecule has 2 rings (SSSR count). The molecule has 19 heavy (non-hydrogen) atoms. The minimum atomic E-state index is -2.94. The van der Waals surface area contributed by atoms with Gasteiger partial charge in [0, 0.05) is 25.9 Å². The molecule has 1 fully saturated rings. The molecule has 1 aliphatic rings. The van der Waals surface area contributed by atoms with E-state index in [1.54, 1.807) is 12.1 Å². The third kappa shape index (κ3) is 5.70. The average molecular weight is 285 g/mol. The lowest BCUT2D eigenvalue weighted by Crippen LogP contribution is -2.30. The van der Waals surface area contributed by atoms with Crippen molar-refractivity contribution < 1.29 is 12.8 Å². The predicted octanol–water partition coefficient (Wildman–Crippen LogP) is 2.08. The Bertz CT molecular complexity index is 509. The molecular formula is C14H20FNO2S. The van der Waals surface area contributed by atoms with Crippen LogP contribution < -0.4 is 0 Å². The molecule has 3 nitrogen and oxygen atoms in total. The first-order valence-electron chi connectivity index (χ1n) is 6.57. The van der Waals surface area contributed by atoms with Gasteiger partial charge in [-0.15, -0.1) is 0 Å². The quantitative estimate of drug-likeness (QED) is 0.770. The summed E-state index contributed by atoms with van der Waals surface area (Å²) in [4.78, 5) is 2.16. The molecule has 0 N–H and O–H groups in total. The van der Waals surface area contributed by atoms with E-state index in [4.69, 9.17) is 0 Å². The summed E-state index contributed by atoms with van der Waals surface area (Å²) in [5.41, 5.74) is 1.02. The maximum Gasteiger partial charge on any atom is 0.148 e. The maximum absolute atomic E-state index is 12.9. The molecule has 0 unspecified atom stereocenters. The molecule has 1 aliphatic carbocycles. The molecule has 0 radical (unpaired) electrons. The van der Waals surface area contributed by atoms with Gasteiger partial charge in [0.05, 0.1) is 5.75 Å². The van der Waals surface area contributed by atoms with Crippen molar-refractivity contribution in [3.05, 3.63) is 35.6 Å². The number of sulfone groups is 1. The van der Waals surface area contributed by atoms with Crippen molar-refractivity contribution in [3.63, 3.8) is 0 Å². The summed E-state index contributed by atoms with van der Waals surface area (Å²) in [6.45, 7) is 2.17. The van der Waals surface area contributed by atoms with Crippen LogP contribution in [0.1, 0.15) is 18.4 Å². The van der Waals surface area contributed by atoms with Crippen LogP contribution >= 0.6 is 0 Å². The fraction of sp³-hybridized carbons (Fsp3) is 0.571. The maximum atomic E-state index is 12.9. The fourth-order valence-corrected chi connectivity index (χ4v) is 2.63. The van der Waals surface area contributed by atoms with Gasteiger partial charge >= 0.3 is 0 Å². The Kier molecular flexibility index (Phi) is 4.58. The third-order valence-corrected chi connectivity index (χ3v) is 4.24. The van der Waals surface area contributed by atoms with Crippen LogP contribution in [0.25, 0.3) is 0 Å². The molecule has 106 valence electrons. The number of hydrogen-bond donors (Lipinski definition) is 0. The third-order valence-electron chi connectivity index (χ3n) is 3.31. The lowest BCUT2D eigenvalue weighted by molar-refractivity contribution is 0.269. The zero-order chi connectivity index (χ0) is 13.9. The van der Waals surface area contributed by atoms with Gasteiger partial charge in [-0.25, -0.2) is 12.8 Å². The molecular weight excluding hydrogens is 265 g/mol. The molecule has 0 bridgehead atoms. The van der Waals surface area contributed by atoms with Crippen LogP contribution in [0.5, 0.6) is 0 Å². The Morgan fingerprint density at radius 1 is 1.26 bits per heavy atom. The molecule has 0 aliphatic heterocycles. The molecule has 1 aromatic rings. The molecule has 1 saturated carbocycles. The molecule has 0 saturated heterocycles. The van der Waals surface area contributed by atoms with Crippen LogP contribution in [0.4, 0.5) is 4.39 Å². The van der Waals surface area contributed by atoms with Crippen LogP contribution in [-0.2, 0) is 16.4 Å². The van der Waals surface area contributed by atoms with Crippen molar-refractivity contribution in [3.8, 4) is 0 Å². The number of halogens is 1. The van der Waals surface area contributed by atoms with Crippen LogP contribution in [0.2, 0.25) is 0 Å². The van der Waals surface area contributed by atoms with Gasteiger partial charge in [0.1, 0.15) is 15.7 Å². The molecule has 5 heteroatoms. The highest BCUT2D eigenvalue weighted by Crippen LogP contribution is 2.30. The van der Waals surface area contributed by atoms with E-state index in [9.17, 15) is 12.8 Å². The standard InChI is InChI=1S/C14H20FNO2S/c1-19(17,18)9-8-16(10-12-2-3-12)11-13-4-6-14(15)7-5-13/h4-7,12H,2-3,8-11H2,1H3. The summed E-state index contributed by atoms with van der Waals surface area (Å²) in [6.07, 6.45) is 3.73. The van der Waals surface area contributed by atoms with E-state index in [1.165, 1.54) is 31.2 Å². The van der Waals surface area contributed by atoms with E-state index in [1.807, 2.05) is 0 Å². The summed E-state index contributed by atoms with van der Waals surface area (Å²) in [5, 5.41) is 0. The van der Waals surface area contributed by atoms with Crippen molar-refractivity contribution in [2.75, 3.05) is 25.1 Å². The summed E-state index contributed by atoms with van der Waals surface area (Å²) in [6, 6.07) is 6.41. The fourth-order valence-electron chi connectivity index (χ4n) is 2.04. The Morgan fingerprint density at radius 3 is 2.42 bits per heavy atom. The number of nitrogens with zero attached hydrogens (tertiary/aromatic N) is 1. The van der Waals surface area contributed by atoms with Gasteiger partial charge in [-0.2, -0.15) is 0 Å². The molecule has 0 atom stereocenters. The monoisotopic (exact) mass is 285 g/mol. The van der Waals surface area contributed by atoms with Gasteiger partial charge in [-0.05, 0) is 36.5 Å². The highest BCUT2D eigenvalue weighted by molar-refractivity contribution is 7.90. The van der Waals surface area contributed by atoms with Crippen molar-refractivity contribution in [1.82, 2.24) is 4.90 Å². The lowest BCUT2D eigenvalue weighted by atomic mass is 10.2. The van der Waals surface area contributed by atoms with E-state index in [0.29, 0.717) is 19.0 Å². The van der Waals surface area contributed by atoms with E-state index in [0.717, 1.165) is 12.1 Å². The Labute approximate surface area is 114 Å². The highest BCUT2D eigenvalue weighted by Gasteiger charge is 2.24. The first kappa shape index (κ1) is 14.5. The van der Waals surface area contributed by atoms with Crippen LogP contribution in [0.15, 0.2) is 24.3 Å². The number of hydrogen-bond acceptors (Lipinski definition) is 3. The smallest absolute Gasteiger partial charge is 0.148 e. The van der Waals surface area contributed by atoms with Gasteiger partial charge in [0.2, 0.25) is 0 Å². The van der Waals surface area contributed by atoms with Crippen molar-refractivity contribution in [2.24, 2.45) is 5.92 Å². The number of benzene rings is 1. The van der Waals surface area contributed by atoms with Crippen molar-refractivity contribution >= 4 is 9.84 Å². The first-order chi connectivity index (χ1) is 8.92. The minimum Gasteiger partial charge on any atom is -0.298 e. The highest BCUT2D eigenvalue weighted by atomic mass is 32.2. The van der Waals surface area contributed by atoms with Crippen molar-refractivity contribution in [2.45, 2.75) is 19.4 Å². The zero-order valence-electron chi connectivity index (χ0n) is 11.2. The second kappa shape index (κ2) is 6.01. The van der Waals surface area contributed by atoms with Gasteiger partial charge in [-0.1, -0.05) is 12.1 Å². The average Bonchev–Trinajstić information content (AvgIpc) is 3.12. The van der Waals surface area contributed by atoms with E-state index >= 15 is 0 Å².